The Kier molecular flexibility index (Phi) is 2.83. The SMILES string of the molecule is CN(c1ccc(F)cn1)C1COCC1O. The van der Waals surface area contributed by atoms with Gasteiger partial charge in [0, 0.05) is 7.05 Å². The molecule has 1 saturated heterocycles. The molecule has 0 bridgehead atoms. The van der Waals surface area contributed by atoms with Crippen LogP contribution in [0.3, 0.4) is 0 Å². The highest BCUT2D eigenvalue weighted by Crippen LogP contribution is 2.18. The van der Waals surface area contributed by atoms with Crippen LogP contribution < -0.4 is 4.90 Å². The molecule has 4 nitrogen and oxygen atoms in total. The number of rotatable bonds is 2. The van der Waals surface area contributed by atoms with Crippen LogP contribution in [0.5, 0.6) is 0 Å². The largest absolute Gasteiger partial charge is 0.388 e. The number of anilines is 1. The van der Waals surface area contributed by atoms with E-state index in [-0.39, 0.29) is 11.9 Å². The number of aromatic nitrogens is 1. The Hall–Kier alpha value is -1.20. The average molecular weight is 212 g/mol. The lowest BCUT2D eigenvalue weighted by molar-refractivity contribution is 0.124. The Balaban J connectivity index is 2.13. The molecule has 0 saturated carbocycles. The molecule has 5 heteroatoms. The van der Waals surface area contributed by atoms with Gasteiger partial charge in [-0.3, -0.25) is 0 Å². The van der Waals surface area contributed by atoms with Gasteiger partial charge in [-0.1, -0.05) is 0 Å². The lowest BCUT2D eigenvalue weighted by atomic mass is 10.2. The van der Waals surface area contributed by atoms with Gasteiger partial charge in [0.1, 0.15) is 11.6 Å². The molecule has 1 aromatic heterocycles. The fourth-order valence-corrected chi connectivity index (χ4v) is 1.65. The van der Waals surface area contributed by atoms with E-state index in [1.165, 1.54) is 6.07 Å². The zero-order valence-corrected chi connectivity index (χ0v) is 8.43. The van der Waals surface area contributed by atoms with E-state index in [0.717, 1.165) is 6.20 Å². The smallest absolute Gasteiger partial charge is 0.141 e. The minimum absolute atomic E-state index is 0.108. The summed E-state index contributed by atoms with van der Waals surface area (Å²) in [5.41, 5.74) is 0. The first-order valence-electron chi connectivity index (χ1n) is 4.78. The minimum Gasteiger partial charge on any atom is -0.388 e. The van der Waals surface area contributed by atoms with E-state index in [9.17, 15) is 9.50 Å². The predicted molar refractivity (Wildman–Crippen MR) is 53.2 cm³/mol. The van der Waals surface area contributed by atoms with Crippen LogP contribution in [-0.4, -0.2) is 42.5 Å². The first-order valence-corrected chi connectivity index (χ1v) is 4.78. The second-order valence-corrected chi connectivity index (χ2v) is 3.62. The summed E-state index contributed by atoms with van der Waals surface area (Å²) in [4.78, 5) is 5.74. The molecule has 2 heterocycles. The quantitative estimate of drug-likeness (QED) is 0.771. The molecule has 15 heavy (non-hydrogen) atoms. The molecule has 1 aliphatic rings. The Morgan fingerprint density at radius 1 is 1.53 bits per heavy atom. The van der Waals surface area contributed by atoms with E-state index in [4.69, 9.17) is 4.74 Å². The molecule has 0 aromatic carbocycles. The third-order valence-electron chi connectivity index (χ3n) is 2.59. The average Bonchev–Trinajstić information content (AvgIpc) is 2.65. The van der Waals surface area contributed by atoms with Crippen molar-refractivity contribution in [1.29, 1.82) is 0 Å². The number of pyridine rings is 1. The highest BCUT2D eigenvalue weighted by Gasteiger charge is 2.30. The molecule has 0 aliphatic carbocycles. The second-order valence-electron chi connectivity index (χ2n) is 3.62. The van der Waals surface area contributed by atoms with Crippen LogP contribution in [0.2, 0.25) is 0 Å². The standard InChI is InChI=1S/C10H13FN2O2/c1-13(8-5-15-6-9(8)14)10-3-2-7(11)4-12-10/h2-4,8-9,14H,5-6H2,1H3. The summed E-state index contributed by atoms with van der Waals surface area (Å²) >= 11 is 0. The van der Waals surface area contributed by atoms with E-state index < -0.39 is 6.10 Å². The summed E-state index contributed by atoms with van der Waals surface area (Å²) in [5.74, 6) is 0.265. The van der Waals surface area contributed by atoms with Gasteiger partial charge in [-0.2, -0.15) is 0 Å². The number of nitrogens with zero attached hydrogens (tertiary/aromatic N) is 2. The van der Waals surface area contributed by atoms with E-state index >= 15 is 0 Å². The molecule has 1 aliphatic heterocycles. The van der Waals surface area contributed by atoms with Gasteiger partial charge in [-0.15, -0.1) is 0 Å². The van der Waals surface area contributed by atoms with Crippen LogP contribution in [0.1, 0.15) is 0 Å². The van der Waals surface area contributed by atoms with Crippen LogP contribution >= 0.6 is 0 Å². The molecule has 1 fully saturated rings. The van der Waals surface area contributed by atoms with Crippen LogP contribution in [-0.2, 0) is 4.74 Å². The maximum atomic E-state index is 12.6. The monoisotopic (exact) mass is 212 g/mol. The van der Waals surface area contributed by atoms with Gasteiger partial charge in [0.15, 0.2) is 0 Å². The third kappa shape index (κ3) is 2.08. The van der Waals surface area contributed by atoms with Gasteiger partial charge in [0.25, 0.3) is 0 Å². The molecule has 2 unspecified atom stereocenters. The molecular formula is C10H13FN2O2. The maximum Gasteiger partial charge on any atom is 0.141 e. The van der Waals surface area contributed by atoms with E-state index in [1.54, 1.807) is 11.0 Å². The second kappa shape index (κ2) is 4.12. The molecule has 82 valence electrons. The van der Waals surface area contributed by atoms with E-state index in [1.807, 2.05) is 7.05 Å². The lowest BCUT2D eigenvalue weighted by Gasteiger charge is -2.26. The topological polar surface area (TPSA) is 45.6 Å². The molecule has 1 aromatic rings. The number of aliphatic hydroxyl groups excluding tert-OH is 1. The van der Waals surface area contributed by atoms with Gasteiger partial charge in [-0.25, -0.2) is 9.37 Å². The number of likely N-dealkylation sites (N-methyl/N-ethyl adjacent to an activating group) is 1. The Labute approximate surface area is 87.3 Å². The summed E-state index contributed by atoms with van der Waals surface area (Å²) in [5, 5.41) is 9.61. The van der Waals surface area contributed by atoms with Crippen molar-refractivity contribution in [2.24, 2.45) is 0 Å². The van der Waals surface area contributed by atoms with Gasteiger partial charge < -0.3 is 14.7 Å². The molecule has 1 N–H and O–H groups in total. The normalized spacial score (nSPS) is 25.5. The van der Waals surface area contributed by atoms with E-state index in [0.29, 0.717) is 19.0 Å². The van der Waals surface area contributed by atoms with Crippen molar-refractivity contribution in [2.45, 2.75) is 12.1 Å². The highest BCUT2D eigenvalue weighted by atomic mass is 19.1. The van der Waals surface area contributed by atoms with Crippen molar-refractivity contribution in [3.05, 3.63) is 24.1 Å². The minimum atomic E-state index is -0.512. The number of ether oxygens (including phenoxy) is 1. The van der Waals surface area contributed by atoms with Gasteiger partial charge in [0.05, 0.1) is 31.6 Å². The summed E-state index contributed by atoms with van der Waals surface area (Å²) in [6.45, 7) is 0.812. The van der Waals surface area contributed by atoms with Gasteiger partial charge >= 0.3 is 0 Å². The summed E-state index contributed by atoms with van der Waals surface area (Å²) < 4.78 is 17.8. The fourth-order valence-electron chi connectivity index (χ4n) is 1.65. The Bertz CT molecular complexity index is 331. The van der Waals surface area contributed by atoms with Gasteiger partial charge in [-0.05, 0) is 12.1 Å². The van der Waals surface area contributed by atoms with Crippen molar-refractivity contribution in [1.82, 2.24) is 4.98 Å². The highest BCUT2D eigenvalue weighted by molar-refractivity contribution is 5.39. The zero-order valence-electron chi connectivity index (χ0n) is 8.43. The van der Waals surface area contributed by atoms with Crippen molar-refractivity contribution in [3.63, 3.8) is 0 Å². The van der Waals surface area contributed by atoms with Crippen LogP contribution in [0.15, 0.2) is 18.3 Å². The van der Waals surface area contributed by atoms with Gasteiger partial charge in [0.2, 0.25) is 0 Å². The first-order chi connectivity index (χ1) is 7.18. The Morgan fingerprint density at radius 2 is 2.33 bits per heavy atom. The number of hydrogen-bond acceptors (Lipinski definition) is 4. The van der Waals surface area contributed by atoms with Crippen molar-refractivity contribution in [3.8, 4) is 0 Å². The third-order valence-corrected chi connectivity index (χ3v) is 2.59. The Morgan fingerprint density at radius 3 is 2.87 bits per heavy atom. The van der Waals surface area contributed by atoms with Crippen molar-refractivity contribution < 1.29 is 14.2 Å². The molecule has 0 amide bonds. The van der Waals surface area contributed by atoms with E-state index in [2.05, 4.69) is 4.98 Å². The number of aliphatic hydroxyl groups is 1. The fraction of sp³-hybridized carbons (Fsp3) is 0.500. The molecule has 2 rings (SSSR count). The lowest BCUT2D eigenvalue weighted by Crippen LogP contribution is -2.40. The zero-order chi connectivity index (χ0) is 10.8. The molecule has 0 radical (unpaired) electrons. The number of halogens is 1. The van der Waals surface area contributed by atoms with Crippen LogP contribution in [0.25, 0.3) is 0 Å². The predicted octanol–water partition coefficient (Wildman–Crippen LogP) is 0.417. The maximum absolute atomic E-state index is 12.6. The molecule has 0 spiro atoms. The van der Waals surface area contributed by atoms with Crippen LogP contribution in [0.4, 0.5) is 10.2 Å². The first kappa shape index (κ1) is 10.3. The molecule has 2 atom stereocenters. The van der Waals surface area contributed by atoms with Crippen molar-refractivity contribution in [2.75, 3.05) is 25.2 Å². The van der Waals surface area contributed by atoms with Crippen LogP contribution in [0, 0.1) is 5.82 Å². The molecular weight excluding hydrogens is 199 g/mol. The summed E-state index contributed by atoms with van der Waals surface area (Å²) in [6, 6.07) is 2.82. The summed E-state index contributed by atoms with van der Waals surface area (Å²) in [7, 11) is 1.81. The summed E-state index contributed by atoms with van der Waals surface area (Å²) in [6.07, 6.45) is 0.649. The number of hydrogen-bond donors (Lipinski definition) is 1. The van der Waals surface area contributed by atoms with Crippen molar-refractivity contribution >= 4 is 5.82 Å².